The highest BCUT2D eigenvalue weighted by Gasteiger charge is 2.01. The van der Waals surface area contributed by atoms with E-state index < -0.39 is 0 Å². The van der Waals surface area contributed by atoms with Crippen LogP contribution < -0.4 is 0 Å². The average molecular weight is 245 g/mol. The van der Waals surface area contributed by atoms with E-state index in [9.17, 15) is 0 Å². The van der Waals surface area contributed by atoms with Crippen LogP contribution in [0.3, 0.4) is 0 Å². The number of hydrogen-bond acceptors (Lipinski definition) is 0. The minimum atomic E-state index is 1.23. The van der Waals surface area contributed by atoms with Gasteiger partial charge in [0.05, 0.1) is 0 Å². The Hall–Kier alpha value is -0.780. The lowest BCUT2D eigenvalue weighted by Crippen LogP contribution is -1.95. The molecule has 1 rings (SSSR count). The van der Waals surface area contributed by atoms with Crippen LogP contribution in [0, 0.1) is 6.07 Å². The maximum Gasteiger partial charge on any atom is -0.0146 e. The summed E-state index contributed by atoms with van der Waals surface area (Å²) in [4.78, 5) is 0. The van der Waals surface area contributed by atoms with Gasteiger partial charge in [0, 0.05) is 0 Å². The Bertz CT molecular complexity index is 301. The Morgan fingerprint density at radius 2 is 1.56 bits per heavy atom. The standard InChI is InChI=1S/C18H29/c1-3-5-7-8-9-10-14-18-16-12-11-15-17(18)13-6-4-2/h11-12,15H,3-10,13-14H2,1-2H3. The summed E-state index contributed by atoms with van der Waals surface area (Å²) in [5, 5.41) is 0. The summed E-state index contributed by atoms with van der Waals surface area (Å²) >= 11 is 0. The summed E-state index contributed by atoms with van der Waals surface area (Å²) in [5.41, 5.74) is 3.01. The van der Waals surface area contributed by atoms with Crippen LogP contribution in [0.15, 0.2) is 18.2 Å². The Labute approximate surface area is 114 Å². The summed E-state index contributed by atoms with van der Waals surface area (Å²) in [6.45, 7) is 4.54. The molecule has 0 saturated carbocycles. The topological polar surface area (TPSA) is 0 Å². The van der Waals surface area contributed by atoms with Crippen molar-refractivity contribution < 1.29 is 0 Å². The maximum absolute atomic E-state index is 3.45. The van der Waals surface area contributed by atoms with E-state index in [1.54, 1.807) is 0 Å². The van der Waals surface area contributed by atoms with Crippen LogP contribution in [0.5, 0.6) is 0 Å². The van der Waals surface area contributed by atoms with Crippen LogP contribution in [-0.2, 0) is 12.8 Å². The van der Waals surface area contributed by atoms with Gasteiger partial charge in [-0.3, -0.25) is 0 Å². The van der Waals surface area contributed by atoms with Gasteiger partial charge in [-0.1, -0.05) is 70.6 Å². The monoisotopic (exact) mass is 245 g/mol. The highest BCUT2D eigenvalue weighted by molar-refractivity contribution is 5.26. The van der Waals surface area contributed by atoms with Crippen molar-refractivity contribution in [1.29, 1.82) is 0 Å². The molecule has 0 fully saturated rings. The molecule has 1 radical (unpaired) electrons. The van der Waals surface area contributed by atoms with Gasteiger partial charge in [-0.05, 0) is 42.9 Å². The minimum absolute atomic E-state index is 1.23. The van der Waals surface area contributed by atoms with Gasteiger partial charge in [-0.25, -0.2) is 0 Å². The van der Waals surface area contributed by atoms with Crippen LogP contribution in [0.1, 0.15) is 76.3 Å². The van der Waals surface area contributed by atoms with Crippen LogP contribution in [0.4, 0.5) is 0 Å². The number of hydrogen-bond donors (Lipinski definition) is 0. The van der Waals surface area contributed by atoms with Gasteiger partial charge in [-0.15, -0.1) is 0 Å². The van der Waals surface area contributed by atoms with Crippen LogP contribution in [0.25, 0.3) is 0 Å². The van der Waals surface area contributed by atoms with Gasteiger partial charge in [0.25, 0.3) is 0 Å². The largest absolute Gasteiger partial charge is 0.0654 e. The van der Waals surface area contributed by atoms with Crippen LogP contribution in [0.2, 0.25) is 0 Å². The first-order chi connectivity index (χ1) is 8.88. The molecule has 0 heterocycles. The van der Waals surface area contributed by atoms with E-state index in [4.69, 9.17) is 0 Å². The van der Waals surface area contributed by atoms with E-state index in [0.29, 0.717) is 0 Å². The van der Waals surface area contributed by atoms with E-state index in [1.165, 1.54) is 75.3 Å². The second-order valence-electron chi connectivity index (χ2n) is 5.30. The van der Waals surface area contributed by atoms with Crippen molar-refractivity contribution in [3.05, 3.63) is 35.4 Å². The zero-order valence-corrected chi connectivity index (χ0v) is 12.3. The highest BCUT2D eigenvalue weighted by Crippen LogP contribution is 2.15. The van der Waals surface area contributed by atoms with Crippen molar-refractivity contribution in [3.63, 3.8) is 0 Å². The third kappa shape index (κ3) is 6.23. The van der Waals surface area contributed by atoms with Crippen molar-refractivity contribution in [2.45, 2.75) is 78.1 Å². The minimum Gasteiger partial charge on any atom is -0.0654 e. The zero-order valence-electron chi connectivity index (χ0n) is 12.3. The van der Waals surface area contributed by atoms with E-state index in [0.717, 1.165) is 0 Å². The SMILES string of the molecule is CCCCCCCCc1[c]cccc1CCCC. The summed E-state index contributed by atoms with van der Waals surface area (Å²) in [7, 11) is 0. The third-order valence-electron chi connectivity index (χ3n) is 3.62. The average Bonchev–Trinajstić information content (AvgIpc) is 2.41. The predicted octanol–water partition coefficient (Wildman–Crippen LogP) is 5.73. The molecule has 0 unspecified atom stereocenters. The lowest BCUT2D eigenvalue weighted by atomic mass is 9.97. The molecule has 0 amide bonds. The molecule has 0 N–H and O–H groups in total. The number of benzene rings is 1. The molecule has 0 aliphatic rings. The molecule has 0 atom stereocenters. The predicted molar refractivity (Wildman–Crippen MR) is 81.0 cm³/mol. The summed E-state index contributed by atoms with van der Waals surface area (Å²) in [6, 6.07) is 9.94. The Balaban J connectivity index is 2.27. The van der Waals surface area contributed by atoms with E-state index >= 15 is 0 Å². The lowest BCUT2D eigenvalue weighted by molar-refractivity contribution is 0.606. The van der Waals surface area contributed by atoms with Crippen molar-refractivity contribution in [2.24, 2.45) is 0 Å². The molecule has 18 heavy (non-hydrogen) atoms. The van der Waals surface area contributed by atoms with E-state index in [2.05, 4.69) is 38.1 Å². The van der Waals surface area contributed by atoms with Gasteiger partial charge in [0.2, 0.25) is 0 Å². The Morgan fingerprint density at radius 1 is 0.833 bits per heavy atom. The molecular weight excluding hydrogens is 216 g/mol. The third-order valence-corrected chi connectivity index (χ3v) is 3.62. The number of unbranched alkanes of at least 4 members (excludes halogenated alkanes) is 6. The summed E-state index contributed by atoms with van der Waals surface area (Å²) in [5.74, 6) is 0. The fraction of sp³-hybridized carbons (Fsp3) is 0.667. The zero-order chi connectivity index (χ0) is 13.1. The molecule has 1 aromatic rings. The molecule has 0 saturated heterocycles. The van der Waals surface area contributed by atoms with Crippen molar-refractivity contribution in [3.8, 4) is 0 Å². The van der Waals surface area contributed by atoms with Crippen LogP contribution in [-0.4, -0.2) is 0 Å². The maximum atomic E-state index is 3.45. The van der Waals surface area contributed by atoms with Gasteiger partial charge in [0.1, 0.15) is 0 Å². The number of rotatable bonds is 10. The molecule has 0 bridgehead atoms. The first-order valence-corrected chi connectivity index (χ1v) is 7.87. The smallest absolute Gasteiger partial charge is 0.0146 e. The highest BCUT2D eigenvalue weighted by atomic mass is 14.1. The molecular formula is C18H29. The van der Waals surface area contributed by atoms with Crippen molar-refractivity contribution in [2.75, 3.05) is 0 Å². The summed E-state index contributed by atoms with van der Waals surface area (Å²) in [6.07, 6.45) is 13.3. The quantitative estimate of drug-likeness (QED) is 0.462. The molecule has 0 heteroatoms. The van der Waals surface area contributed by atoms with Gasteiger partial charge < -0.3 is 0 Å². The Kier molecular flexibility index (Phi) is 8.63. The van der Waals surface area contributed by atoms with Crippen molar-refractivity contribution >= 4 is 0 Å². The molecule has 0 aromatic heterocycles. The molecule has 0 nitrogen and oxygen atoms in total. The molecule has 0 aliphatic heterocycles. The molecule has 1 aromatic carbocycles. The molecule has 0 spiro atoms. The van der Waals surface area contributed by atoms with E-state index in [-0.39, 0.29) is 0 Å². The first kappa shape index (κ1) is 15.3. The second kappa shape index (κ2) is 10.2. The first-order valence-electron chi connectivity index (χ1n) is 7.87. The normalized spacial score (nSPS) is 10.8. The van der Waals surface area contributed by atoms with Gasteiger partial charge in [0.15, 0.2) is 0 Å². The van der Waals surface area contributed by atoms with Crippen LogP contribution >= 0.6 is 0 Å². The summed E-state index contributed by atoms with van der Waals surface area (Å²) < 4.78 is 0. The van der Waals surface area contributed by atoms with Gasteiger partial charge >= 0.3 is 0 Å². The fourth-order valence-corrected chi connectivity index (χ4v) is 2.42. The molecule has 101 valence electrons. The Morgan fingerprint density at radius 3 is 2.33 bits per heavy atom. The van der Waals surface area contributed by atoms with E-state index in [1.807, 2.05) is 0 Å². The lowest BCUT2D eigenvalue weighted by Gasteiger charge is -2.08. The molecule has 0 aliphatic carbocycles. The second-order valence-corrected chi connectivity index (χ2v) is 5.30. The number of aryl methyl sites for hydroxylation is 2. The fourth-order valence-electron chi connectivity index (χ4n) is 2.42. The van der Waals surface area contributed by atoms with Gasteiger partial charge in [-0.2, -0.15) is 0 Å². The van der Waals surface area contributed by atoms with Crippen molar-refractivity contribution in [1.82, 2.24) is 0 Å².